The zero-order valence-electron chi connectivity index (χ0n) is 10.3. The van der Waals surface area contributed by atoms with Gasteiger partial charge in [0.15, 0.2) is 0 Å². The van der Waals surface area contributed by atoms with Crippen molar-refractivity contribution in [3.05, 3.63) is 29.8 Å². The number of nitrogens with two attached hydrogens (primary N) is 1. The van der Waals surface area contributed by atoms with Gasteiger partial charge in [-0.3, -0.25) is 4.90 Å². The van der Waals surface area contributed by atoms with Crippen molar-refractivity contribution in [1.82, 2.24) is 4.90 Å². The van der Waals surface area contributed by atoms with Crippen molar-refractivity contribution in [2.45, 2.75) is 26.8 Å². The van der Waals surface area contributed by atoms with Gasteiger partial charge in [-0.2, -0.15) is 0 Å². The van der Waals surface area contributed by atoms with Gasteiger partial charge in [0.25, 0.3) is 0 Å². The van der Waals surface area contributed by atoms with Crippen molar-refractivity contribution in [1.29, 1.82) is 0 Å². The SMILES string of the molecule is C[C@H]1C[C@H](C)CN(Cc2cccc(N)c2)C1. The van der Waals surface area contributed by atoms with E-state index in [4.69, 9.17) is 5.73 Å². The van der Waals surface area contributed by atoms with Gasteiger partial charge in [-0.05, 0) is 36.0 Å². The van der Waals surface area contributed by atoms with E-state index in [9.17, 15) is 0 Å². The van der Waals surface area contributed by atoms with E-state index < -0.39 is 0 Å². The number of anilines is 1. The van der Waals surface area contributed by atoms with Crippen LogP contribution in [-0.4, -0.2) is 18.0 Å². The van der Waals surface area contributed by atoms with Gasteiger partial charge in [0, 0.05) is 25.3 Å². The zero-order chi connectivity index (χ0) is 11.5. The molecule has 0 bridgehead atoms. The first-order chi connectivity index (χ1) is 7.63. The Morgan fingerprint density at radius 2 is 1.94 bits per heavy atom. The van der Waals surface area contributed by atoms with Crippen LogP contribution in [0.4, 0.5) is 5.69 Å². The van der Waals surface area contributed by atoms with E-state index in [1.807, 2.05) is 12.1 Å². The van der Waals surface area contributed by atoms with Gasteiger partial charge in [0.05, 0.1) is 0 Å². The van der Waals surface area contributed by atoms with E-state index in [1.54, 1.807) is 0 Å². The van der Waals surface area contributed by atoms with Gasteiger partial charge in [0.1, 0.15) is 0 Å². The third-order valence-electron chi connectivity index (χ3n) is 3.30. The molecule has 1 fully saturated rings. The molecule has 1 aromatic rings. The van der Waals surface area contributed by atoms with Gasteiger partial charge in [0.2, 0.25) is 0 Å². The summed E-state index contributed by atoms with van der Waals surface area (Å²) in [5.74, 6) is 1.65. The van der Waals surface area contributed by atoms with Crippen LogP contribution >= 0.6 is 0 Å². The molecule has 0 saturated carbocycles. The molecule has 16 heavy (non-hydrogen) atoms. The molecular formula is C14H22N2. The number of benzene rings is 1. The minimum Gasteiger partial charge on any atom is -0.399 e. The summed E-state index contributed by atoms with van der Waals surface area (Å²) >= 11 is 0. The van der Waals surface area contributed by atoms with E-state index >= 15 is 0 Å². The number of nitrogen functional groups attached to an aromatic ring is 1. The van der Waals surface area contributed by atoms with E-state index in [0.717, 1.165) is 24.1 Å². The second-order valence-corrected chi connectivity index (χ2v) is 5.39. The number of rotatable bonds is 2. The van der Waals surface area contributed by atoms with Crippen LogP contribution in [0, 0.1) is 11.8 Å². The Morgan fingerprint density at radius 3 is 2.56 bits per heavy atom. The first-order valence-corrected chi connectivity index (χ1v) is 6.20. The molecule has 2 atom stereocenters. The Hall–Kier alpha value is -1.02. The molecule has 2 N–H and O–H groups in total. The fourth-order valence-electron chi connectivity index (χ4n) is 2.87. The fourth-order valence-corrected chi connectivity index (χ4v) is 2.87. The summed E-state index contributed by atoms with van der Waals surface area (Å²) in [6, 6.07) is 8.25. The number of piperidine rings is 1. The molecule has 2 nitrogen and oxygen atoms in total. The van der Waals surface area contributed by atoms with Crippen molar-refractivity contribution in [2.24, 2.45) is 11.8 Å². The molecule has 1 aliphatic rings. The van der Waals surface area contributed by atoms with Crippen LogP contribution in [0.1, 0.15) is 25.8 Å². The topological polar surface area (TPSA) is 29.3 Å². The summed E-state index contributed by atoms with van der Waals surface area (Å²) in [5.41, 5.74) is 8.01. The maximum Gasteiger partial charge on any atom is 0.0317 e. The molecule has 1 heterocycles. The lowest BCUT2D eigenvalue weighted by Gasteiger charge is -2.35. The van der Waals surface area contributed by atoms with Crippen molar-refractivity contribution in [3.63, 3.8) is 0 Å². The molecule has 1 aliphatic heterocycles. The van der Waals surface area contributed by atoms with E-state index in [-0.39, 0.29) is 0 Å². The molecule has 2 rings (SSSR count). The highest BCUT2D eigenvalue weighted by Gasteiger charge is 2.21. The predicted molar refractivity (Wildman–Crippen MR) is 69.1 cm³/mol. The van der Waals surface area contributed by atoms with Crippen LogP contribution in [-0.2, 0) is 6.54 Å². The third kappa shape index (κ3) is 2.99. The molecule has 0 spiro atoms. The van der Waals surface area contributed by atoms with Crippen LogP contribution in [0.5, 0.6) is 0 Å². The van der Waals surface area contributed by atoms with Gasteiger partial charge in [-0.15, -0.1) is 0 Å². The summed E-state index contributed by atoms with van der Waals surface area (Å²) in [6.45, 7) is 8.18. The molecule has 0 aromatic heterocycles. The normalized spacial score (nSPS) is 26.9. The highest BCUT2D eigenvalue weighted by atomic mass is 15.1. The first-order valence-electron chi connectivity index (χ1n) is 6.20. The fraction of sp³-hybridized carbons (Fsp3) is 0.571. The summed E-state index contributed by atoms with van der Waals surface area (Å²) in [6.07, 6.45) is 1.37. The smallest absolute Gasteiger partial charge is 0.0317 e. The van der Waals surface area contributed by atoms with Gasteiger partial charge in [-0.1, -0.05) is 26.0 Å². The highest BCUT2D eigenvalue weighted by molar-refractivity contribution is 5.40. The van der Waals surface area contributed by atoms with Gasteiger partial charge in [-0.25, -0.2) is 0 Å². The average molecular weight is 218 g/mol. The van der Waals surface area contributed by atoms with Crippen LogP contribution < -0.4 is 5.73 Å². The molecule has 88 valence electrons. The Bertz CT molecular complexity index is 338. The minimum atomic E-state index is 0.824. The van der Waals surface area contributed by atoms with Crippen LogP contribution in [0.2, 0.25) is 0 Å². The number of hydrogen-bond donors (Lipinski definition) is 1. The van der Waals surface area contributed by atoms with Crippen molar-refractivity contribution < 1.29 is 0 Å². The molecule has 1 aromatic carbocycles. The van der Waals surface area contributed by atoms with Crippen molar-refractivity contribution >= 4 is 5.69 Å². The summed E-state index contributed by atoms with van der Waals surface area (Å²) in [7, 11) is 0. The maximum absolute atomic E-state index is 5.80. The standard InChI is InChI=1S/C14H22N2/c1-11-6-12(2)9-16(8-11)10-13-4-3-5-14(15)7-13/h3-5,7,11-12H,6,8-10,15H2,1-2H3/t11-,12-/m0/s1. The molecule has 0 amide bonds. The molecule has 2 heteroatoms. The summed E-state index contributed by atoms with van der Waals surface area (Å²) in [4.78, 5) is 2.55. The lowest BCUT2D eigenvalue weighted by molar-refractivity contribution is 0.134. The zero-order valence-corrected chi connectivity index (χ0v) is 10.3. The molecule has 0 aliphatic carbocycles. The van der Waals surface area contributed by atoms with E-state index in [0.29, 0.717) is 0 Å². The lowest BCUT2D eigenvalue weighted by Crippen LogP contribution is -2.38. The number of nitrogens with zero attached hydrogens (tertiary/aromatic N) is 1. The molecule has 1 saturated heterocycles. The van der Waals surface area contributed by atoms with Crippen molar-refractivity contribution in [3.8, 4) is 0 Å². The third-order valence-corrected chi connectivity index (χ3v) is 3.30. The Kier molecular flexibility index (Phi) is 3.49. The van der Waals surface area contributed by atoms with Gasteiger partial charge >= 0.3 is 0 Å². The molecule has 0 unspecified atom stereocenters. The first kappa shape index (κ1) is 11.5. The predicted octanol–water partition coefficient (Wildman–Crippen LogP) is 2.75. The second kappa shape index (κ2) is 4.88. The van der Waals surface area contributed by atoms with Gasteiger partial charge < -0.3 is 5.73 Å². The molecule has 0 radical (unpaired) electrons. The number of hydrogen-bond acceptors (Lipinski definition) is 2. The lowest BCUT2D eigenvalue weighted by atomic mass is 9.91. The Balaban J connectivity index is 1.98. The number of likely N-dealkylation sites (tertiary alicyclic amines) is 1. The second-order valence-electron chi connectivity index (χ2n) is 5.39. The molecular weight excluding hydrogens is 196 g/mol. The minimum absolute atomic E-state index is 0.824. The average Bonchev–Trinajstić information content (AvgIpc) is 2.15. The quantitative estimate of drug-likeness (QED) is 0.773. The van der Waals surface area contributed by atoms with Crippen molar-refractivity contribution in [2.75, 3.05) is 18.8 Å². The maximum atomic E-state index is 5.80. The largest absolute Gasteiger partial charge is 0.399 e. The van der Waals surface area contributed by atoms with Crippen LogP contribution in [0.25, 0.3) is 0 Å². The monoisotopic (exact) mass is 218 g/mol. The Labute approximate surface area is 98.4 Å². The summed E-state index contributed by atoms with van der Waals surface area (Å²) in [5, 5.41) is 0. The van der Waals surface area contributed by atoms with E-state index in [1.165, 1.54) is 25.1 Å². The van der Waals surface area contributed by atoms with Crippen LogP contribution in [0.15, 0.2) is 24.3 Å². The highest BCUT2D eigenvalue weighted by Crippen LogP contribution is 2.22. The Morgan fingerprint density at radius 1 is 1.25 bits per heavy atom. The van der Waals surface area contributed by atoms with E-state index in [2.05, 4.69) is 30.9 Å². The summed E-state index contributed by atoms with van der Waals surface area (Å²) < 4.78 is 0. The van der Waals surface area contributed by atoms with Crippen LogP contribution in [0.3, 0.4) is 0 Å².